The molecular weight excluding hydrogens is 246 g/mol. The molecule has 1 aliphatic carbocycles. The van der Waals surface area contributed by atoms with Crippen molar-refractivity contribution in [1.82, 2.24) is 5.32 Å². The van der Waals surface area contributed by atoms with Gasteiger partial charge in [-0.25, -0.2) is 0 Å². The molecule has 4 rings (SSSR count). The van der Waals surface area contributed by atoms with Crippen LogP contribution in [0.2, 0.25) is 0 Å². The summed E-state index contributed by atoms with van der Waals surface area (Å²) in [4.78, 5) is 0. The number of fused-ring (bicyclic) bond motifs is 1. The maximum absolute atomic E-state index is 6.50. The Morgan fingerprint density at radius 1 is 0.950 bits per heavy atom. The smallest absolute Gasteiger partial charge is 0.127 e. The van der Waals surface area contributed by atoms with Crippen LogP contribution in [0, 0.1) is 11.8 Å². The molecule has 0 aromatic heterocycles. The van der Waals surface area contributed by atoms with Crippen LogP contribution < -0.4 is 10.1 Å². The number of hydrogen-bond acceptors (Lipinski definition) is 2. The molecule has 2 heteroatoms. The molecule has 0 radical (unpaired) electrons. The number of benzene rings is 2. The van der Waals surface area contributed by atoms with Crippen LogP contribution in [0.15, 0.2) is 42.5 Å². The van der Waals surface area contributed by atoms with E-state index in [-0.39, 0.29) is 0 Å². The summed E-state index contributed by atoms with van der Waals surface area (Å²) in [6, 6.07) is 14.9. The zero-order chi connectivity index (χ0) is 13.4. The van der Waals surface area contributed by atoms with Crippen molar-refractivity contribution in [1.29, 1.82) is 0 Å². The van der Waals surface area contributed by atoms with Crippen molar-refractivity contribution in [2.45, 2.75) is 25.4 Å². The van der Waals surface area contributed by atoms with Gasteiger partial charge in [-0.3, -0.25) is 0 Å². The Morgan fingerprint density at radius 3 is 2.60 bits per heavy atom. The van der Waals surface area contributed by atoms with Gasteiger partial charge in [0.25, 0.3) is 0 Å². The van der Waals surface area contributed by atoms with Crippen molar-refractivity contribution >= 4 is 10.8 Å². The van der Waals surface area contributed by atoms with Crippen LogP contribution in [0.4, 0.5) is 0 Å². The van der Waals surface area contributed by atoms with Gasteiger partial charge in [0.2, 0.25) is 0 Å². The van der Waals surface area contributed by atoms with E-state index < -0.39 is 0 Å². The largest absolute Gasteiger partial charge is 0.489 e. The Bertz CT molecular complexity index is 594. The summed E-state index contributed by atoms with van der Waals surface area (Å²) in [6.07, 6.45) is 4.33. The van der Waals surface area contributed by atoms with Crippen molar-refractivity contribution < 1.29 is 4.74 Å². The maximum atomic E-state index is 6.50. The van der Waals surface area contributed by atoms with Crippen molar-refractivity contribution in [3.05, 3.63) is 42.5 Å². The third-order valence-electron chi connectivity index (χ3n) is 4.66. The van der Waals surface area contributed by atoms with Crippen LogP contribution in [0.1, 0.15) is 19.3 Å². The Labute approximate surface area is 120 Å². The molecule has 1 heterocycles. The van der Waals surface area contributed by atoms with Gasteiger partial charge < -0.3 is 10.1 Å². The van der Waals surface area contributed by atoms with Gasteiger partial charge in [0.05, 0.1) is 0 Å². The fraction of sp³-hybridized carbons (Fsp3) is 0.444. The number of nitrogens with one attached hydrogen (secondary N) is 1. The van der Waals surface area contributed by atoms with Crippen LogP contribution in [0.5, 0.6) is 5.75 Å². The van der Waals surface area contributed by atoms with Gasteiger partial charge in [-0.15, -0.1) is 0 Å². The van der Waals surface area contributed by atoms with Gasteiger partial charge in [-0.05, 0) is 43.2 Å². The molecule has 1 saturated heterocycles. The molecule has 2 fully saturated rings. The summed E-state index contributed by atoms with van der Waals surface area (Å²) in [5.41, 5.74) is 0. The van der Waals surface area contributed by atoms with Gasteiger partial charge in [-0.2, -0.15) is 0 Å². The molecule has 1 aliphatic heterocycles. The van der Waals surface area contributed by atoms with Crippen LogP contribution >= 0.6 is 0 Å². The standard InChI is InChI=1S/C18H21NO/c1-2-6-16-13(4-1)5-3-7-17(16)20-18(14-8-9-14)15-10-11-19-12-15/h1-7,14-15,18-19H,8-12H2/t15-,18?/m0/s1. The summed E-state index contributed by atoms with van der Waals surface area (Å²) in [5, 5.41) is 5.99. The van der Waals surface area contributed by atoms with E-state index in [1.54, 1.807) is 0 Å². The predicted molar refractivity (Wildman–Crippen MR) is 82.1 cm³/mol. The highest BCUT2D eigenvalue weighted by molar-refractivity contribution is 5.88. The lowest BCUT2D eigenvalue weighted by Gasteiger charge is -2.25. The van der Waals surface area contributed by atoms with E-state index in [0.29, 0.717) is 12.0 Å². The van der Waals surface area contributed by atoms with E-state index in [0.717, 1.165) is 24.8 Å². The van der Waals surface area contributed by atoms with Crippen molar-refractivity contribution in [3.63, 3.8) is 0 Å². The molecule has 20 heavy (non-hydrogen) atoms. The highest BCUT2D eigenvalue weighted by Gasteiger charge is 2.39. The Kier molecular flexibility index (Phi) is 3.12. The molecule has 1 N–H and O–H groups in total. The van der Waals surface area contributed by atoms with E-state index in [2.05, 4.69) is 47.8 Å². The summed E-state index contributed by atoms with van der Waals surface area (Å²) in [6.45, 7) is 2.26. The van der Waals surface area contributed by atoms with Crippen LogP contribution in [0.25, 0.3) is 10.8 Å². The third-order valence-corrected chi connectivity index (χ3v) is 4.66. The van der Waals surface area contributed by atoms with E-state index in [9.17, 15) is 0 Å². The Morgan fingerprint density at radius 2 is 1.80 bits per heavy atom. The highest BCUT2D eigenvalue weighted by atomic mass is 16.5. The first-order valence-corrected chi connectivity index (χ1v) is 7.77. The lowest BCUT2D eigenvalue weighted by molar-refractivity contribution is 0.123. The average Bonchev–Trinajstić information content (AvgIpc) is 3.19. The first kappa shape index (κ1) is 12.2. The molecule has 2 atom stereocenters. The lowest BCUT2D eigenvalue weighted by atomic mass is 9.97. The molecule has 1 saturated carbocycles. The minimum Gasteiger partial charge on any atom is -0.489 e. The van der Waals surface area contributed by atoms with E-state index in [1.807, 2.05) is 0 Å². The normalized spacial score (nSPS) is 23.9. The quantitative estimate of drug-likeness (QED) is 0.913. The zero-order valence-corrected chi connectivity index (χ0v) is 11.7. The number of ether oxygens (including phenoxy) is 1. The number of rotatable bonds is 4. The van der Waals surface area contributed by atoms with Gasteiger partial charge in [-0.1, -0.05) is 36.4 Å². The van der Waals surface area contributed by atoms with Crippen molar-refractivity contribution in [3.8, 4) is 5.75 Å². The topological polar surface area (TPSA) is 21.3 Å². The molecule has 0 bridgehead atoms. The molecule has 0 spiro atoms. The van der Waals surface area contributed by atoms with Crippen LogP contribution in [0.3, 0.4) is 0 Å². The van der Waals surface area contributed by atoms with Crippen molar-refractivity contribution in [2.24, 2.45) is 11.8 Å². The van der Waals surface area contributed by atoms with E-state index >= 15 is 0 Å². The molecular formula is C18H21NO. The van der Waals surface area contributed by atoms with Crippen LogP contribution in [-0.2, 0) is 0 Å². The summed E-state index contributed by atoms with van der Waals surface area (Å²) in [5.74, 6) is 2.52. The molecule has 2 aromatic rings. The van der Waals surface area contributed by atoms with Gasteiger partial charge in [0.1, 0.15) is 11.9 Å². The van der Waals surface area contributed by atoms with E-state index in [4.69, 9.17) is 4.74 Å². The summed E-state index contributed by atoms with van der Waals surface area (Å²) >= 11 is 0. The molecule has 104 valence electrons. The molecule has 2 aromatic carbocycles. The second-order valence-corrected chi connectivity index (χ2v) is 6.15. The molecule has 2 nitrogen and oxygen atoms in total. The molecule has 0 amide bonds. The molecule has 2 aliphatic rings. The fourth-order valence-corrected chi connectivity index (χ4v) is 3.40. The zero-order valence-electron chi connectivity index (χ0n) is 11.7. The second kappa shape index (κ2) is 5.10. The van der Waals surface area contributed by atoms with Gasteiger partial charge in [0.15, 0.2) is 0 Å². The minimum absolute atomic E-state index is 0.399. The van der Waals surface area contributed by atoms with Gasteiger partial charge >= 0.3 is 0 Å². The number of hydrogen-bond donors (Lipinski definition) is 1. The average molecular weight is 267 g/mol. The molecule has 1 unspecified atom stereocenters. The van der Waals surface area contributed by atoms with E-state index in [1.165, 1.54) is 30.0 Å². The Balaban J connectivity index is 1.64. The maximum Gasteiger partial charge on any atom is 0.127 e. The summed E-state index contributed by atoms with van der Waals surface area (Å²) in [7, 11) is 0. The highest BCUT2D eigenvalue weighted by Crippen LogP contribution is 2.40. The van der Waals surface area contributed by atoms with Gasteiger partial charge in [0, 0.05) is 17.8 Å². The van der Waals surface area contributed by atoms with Crippen LogP contribution in [-0.4, -0.2) is 19.2 Å². The van der Waals surface area contributed by atoms with Crippen molar-refractivity contribution in [2.75, 3.05) is 13.1 Å². The minimum atomic E-state index is 0.399. The first-order chi connectivity index (χ1) is 9.92. The first-order valence-electron chi connectivity index (χ1n) is 7.77. The fourth-order valence-electron chi connectivity index (χ4n) is 3.40. The predicted octanol–water partition coefficient (Wildman–Crippen LogP) is 3.61. The second-order valence-electron chi connectivity index (χ2n) is 6.15. The Hall–Kier alpha value is -1.54. The third kappa shape index (κ3) is 2.29. The monoisotopic (exact) mass is 267 g/mol. The summed E-state index contributed by atoms with van der Waals surface area (Å²) < 4.78 is 6.50. The lowest BCUT2D eigenvalue weighted by Crippen LogP contribution is -2.30. The SMILES string of the molecule is c1ccc2c(OC(C3CC3)[C@H]3CCNC3)cccc2c1.